The second-order valence-electron chi connectivity index (χ2n) is 5.68. The fourth-order valence-electron chi connectivity index (χ4n) is 2.24. The lowest BCUT2D eigenvalue weighted by molar-refractivity contribution is 0.407. The zero-order chi connectivity index (χ0) is 17.2. The molecule has 0 aliphatic carbocycles. The second kappa shape index (κ2) is 6.67. The van der Waals surface area contributed by atoms with Crippen molar-refractivity contribution in [1.82, 2.24) is 19.9 Å². The Morgan fingerprint density at radius 1 is 1.26 bits per heavy atom. The summed E-state index contributed by atoms with van der Waals surface area (Å²) >= 11 is 0. The molecule has 1 atom stereocenters. The summed E-state index contributed by atoms with van der Waals surface area (Å²) in [6, 6.07) is 4.31. The molecule has 0 aliphatic rings. The molecule has 0 amide bonds. The summed E-state index contributed by atoms with van der Waals surface area (Å²) in [5, 5.41) is 6.69. The summed E-state index contributed by atoms with van der Waals surface area (Å²) in [7, 11) is -2.11. The highest BCUT2D eigenvalue weighted by molar-refractivity contribution is 7.89. The Kier molecular flexibility index (Phi) is 5.06. The van der Waals surface area contributed by atoms with Crippen molar-refractivity contribution in [2.24, 2.45) is 0 Å². The molecule has 0 fully saturated rings. The molecule has 23 heavy (non-hydrogen) atoms. The molecule has 0 unspecified atom stereocenters. The van der Waals surface area contributed by atoms with Gasteiger partial charge in [-0.2, -0.15) is 5.10 Å². The number of nitrogens with one attached hydrogen (secondary N) is 2. The normalized spacial score (nSPS) is 13.3. The molecule has 0 saturated carbocycles. The number of rotatable bonds is 6. The average molecular weight is 338 g/mol. The molecule has 8 heteroatoms. The Hall–Kier alpha value is -1.93. The maximum Gasteiger partial charge on any atom is 0.241 e. The summed E-state index contributed by atoms with van der Waals surface area (Å²) in [4.78, 5) is 4.34. The number of nitrogens with zero attached hydrogens (tertiary/aromatic N) is 2. The van der Waals surface area contributed by atoms with Gasteiger partial charge < -0.3 is 4.74 Å². The predicted molar refractivity (Wildman–Crippen MR) is 86.9 cm³/mol. The van der Waals surface area contributed by atoms with Crippen LogP contribution in [0.15, 0.2) is 23.1 Å². The molecule has 1 aromatic heterocycles. The van der Waals surface area contributed by atoms with Crippen molar-refractivity contribution in [3.05, 3.63) is 35.4 Å². The van der Waals surface area contributed by atoms with Gasteiger partial charge in [-0.15, -0.1) is 0 Å². The zero-order valence-electron chi connectivity index (χ0n) is 13.9. The van der Waals surface area contributed by atoms with E-state index in [1.807, 2.05) is 13.8 Å². The summed E-state index contributed by atoms with van der Waals surface area (Å²) in [6.45, 7) is 7.44. The zero-order valence-corrected chi connectivity index (χ0v) is 14.7. The van der Waals surface area contributed by atoms with Gasteiger partial charge in [-0.3, -0.25) is 5.10 Å². The van der Waals surface area contributed by atoms with Gasteiger partial charge in [0.05, 0.1) is 18.0 Å². The van der Waals surface area contributed by atoms with Crippen molar-refractivity contribution in [1.29, 1.82) is 0 Å². The number of aromatic amines is 1. The molecule has 0 aliphatic heterocycles. The van der Waals surface area contributed by atoms with Crippen molar-refractivity contribution < 1.29 is 13.2 Å². The Morgan fingerprint density at radius 2 is 1.96 bits per heavy atom. The number of aryl methyl sites for hydroxylation is 1. The van der Waals surface area contributed by atoms with Gasteiger partial charge in [0.15, 0.2) is 5.82 Å². The smallest absolute Gasteiger partial charge is 0.241 e. The second-order valence-corrected chi connectivity index (χ2v) is 7.39. The summed E-state index contributed by atoms with van der Waals surface area (Å²) in [5.41, 5.74) is 0.844. The number of hydrogen-bond acceptors (Lipinski definition) is 5. The number of H-pyrrole nitrogens is 1. The van der Waals surface area contributed by atoms with Gasteiger partial charge in [0.25, 0.3) is 0 Å². The molecular formula is C15H22N4O3S. The number of aromatic nitrogens is 3. The Morgan fingerprint density at radius 3 is 2.48 bits per heavy atom. The number of methoxy groups -OCH3 is 1. The lowest BCUT2D eigenvalue weighted by Gasteiger charge is -2.15. The molecule has 126 valence electrons. The van der Waals surface area contributed by atoms with Gasteiger partial charge in [0, 0.05) is 0 Å². The molecule has 2 N–H and O–H groups in total. The monoisotopic (exact) mass is 338 g/mol. The van der Waals surface area contributed by atoms with Crippen LogP contribution in [-0.2, 0) is 10.0 Å². The van der Waals surface area contributed by atoms with Gasteiger partial charge in [0.2, 0.25) is 10.0 Å². The van der Waals surface area contributed by atoms with E-state index in [4.69, 9.17) is 4.74 Å². The SMILES string of the molecule is COc1ccc(S(=O)(=O)N[C@@H](C)c2n[nH]c(C)n2)cc1C(C)C. The molecule has 1 heterocycles. The quantitative estimate of drug-likeness (QED) is 0.842. The molecule has 0 spiro atoms. The first kappa shape index (κ1) is 17.4. The minimum atomic E-state index is -3.68. The third kappa shape index (κ3) is 3.89. The van der Waals surface area contributed by atoms with Gasteiger partial charge in [-0.1, -0.05) is 13.8 Å². The van der Waals surface area contributed by atoms with E-state index in [1.165, 1.54) is 6.07 Å². The first-order valence-electron chi connectivity index (χ1n) is 7.33. The van der Waals surface area contributed by atoms with Crippen molar-refractivity contribution in [3.63, 3.8) is 0 Å². The van der Waals surface area contributed by atoms with Crippen LogP contribution >= 0.6 is 0 Å². The van der Waals surface area contributed by atoms with Crippen molar-refractivity contribution >= 4 is 10.0 Å². The summed E-state index contributed by atoms with van der Waals surface area (Å²) < 4.78 is 33.0. The summed E-state index contributed by atoms with van der Waals surface area (Å²) in [5.74, 6) is 1.87. The molecular weight excluding hydrogens is 316 g/mol. The van der Waals surface area contributed by atoms with Gasteiger partial charge in [-0.05, 0) is 43.5 Å². The molecule has 2 aromatic rings. The minimum Gasteiger partial charge on any atom is -0.496 e. The summed E-state index contributed by atoms with van der Waals surface area (Å²) in [6.07, 6.45) is 0. The Bertz CT molecular complexity index is 784. The first-order valence-corrected chi connectivity index (χ1v) is 8.82. The predicted octanol–water partition coefficient (Wildman–Crippen LogP) is 2.28. The van der Waals surface area contributed by atoms with E-state index in [0.717, 1.165) is 5.56 Å². The number of ether oxygens (including phenoxy) is 1. The van der Waals surface area contributed by atoms with E-state index in [2.05, 4.69) is 19.9 Å². The van der Waals surface area contributed by atoms with E-state index in [-0.39, 0.29) is 10.8 Å². The van der Waals surface area contributed by atoms with Crippen LogP contribution in [0.1, 0.15) is 49.9 Å². The molecule has 1 aromatic carbocycles. The van der Waals surface area contributed by atoms with E-state index in [1.54, 1.807) is 33.1 Å². The molecule has 0 radical (unpaired) electrons. The van der Waals surface area contributed by atoms with E-state index in [9.17, 15) is 8.42 Å². The fourth-order valence-corrected chi connectivity index (χ4v) is 3.47. The third-order valence-corrected chi connectivity index (χ3v) is 5.01. The van der Waals surface area contributed by atoms with Crippen LogP contribution in [0.2, 0.25) is 0 Å². The van der Waals surface area contributed by atoms with E-state index >= 15 is 0 Å². The van der Waals surface area contributed by atoms with Crippen LogP contribution in [0.4, 0.5) is 0 Å². The average Bonchev–Trinajstić information content (AvgIpc) is 2.92. The molecule has 0 saturated heterocycles. The number of hydrogen-bond donors (Lipinski definition) is 2. The van der Waals surface area contributed by atoms with Crippen LogP contribution in [0, 0.1) is 6.92 Å². The Labute approximate surface area is 136 Å². The van der Waals surface area contributed by atoms with Crippen LogP contribution in [0.3, 0.4) is 0 Å². The lowest BCUT2D eigenvalue weighted by Crippen LogP contribution is -2.27. The maximum atomic E-state index is 12.6. The van der Waals surface area contributed by atoms with Crippen LogP contribution in [0.25, 0.3) is 0 Å². The van der Waals surface area contributed by atoms with Crippen molar-refractivity contribution in [2.45, 2.75) is 44.6 Å². The van der Waals surface area contributed by atoms with Crippen LogP contribution in [-0.4, -0.2) is 30.7 Å². The van der Waals surface area contributed by atoms with Gasteiger partial charge in [-0.25, -0.2) is 18.1 Å². The Balaban J connectivity index is 2.30. The fraction of sp³-hybridized carbons (Fsp3) is 0.467. The van der Waals surface area contributed by atoms with Crippen molar-refractivity contribution in [2.75, 3.05) is 7.11 Å². The molecule has 7 nitrogen and oxygen atoms in total. The van der Waals surface area contributed by atoms with Crippen LogP contribution < -0.4 is 9.46 Å². The third-order valence-electron chi connectivity index (χ3n) is 3.47. The van der Waals surface area contributed by atoms with Crippen LogP contribution in [0.5, 0.6) is 5.75 Å². The van der Waals surface area contributed by atoms with E-state index in [0.29, 0.717) is 17.4 Å². The van der Waals surface area contributed by atoms with E-state index < -0.39 is 16.1 Å². The highest BCUT2D eigenvalue weighted by Crippen LogP contribution is 2.29. The molecule has 2 rings (SSSR count). The minimum absolute atomic E-state index is 0.146. The topological polar surface area (TPSA) is 97.0 Å². The number of benzene rings is 1. The largest absolute Gasteiger partial charge is 0.496 e. The van der Waals surface area contributed by atoms with Gasteiger partial charge >= 0.3 is 0 Å². The first-order chi connectivity index (χ1) is 10.7. The highest BCUT2D eigenvalue weighted by atomic mass is 32.2. The van der Waals surface area contributed by atoms with Crippen molar-refractivity contribution in [3.8, 4) is 5.75 Å². The number of sulfonamides is 1. The highest BCUT2D eigenvalue weighted by Gasteiger charge is 2.22. The molecule has 0 bridgehead atoms. The van der Waals surface area contributed by atoms with Gasteiger partial charge in [0.1, 0.15) is 11.6 Å². The standard InChI is InChI=1S/C15H22N4O3S/c1-9(2)13-8-12(6-7-14(13)22-5)23(20,21)19-10(3)15-16-11(4)17-18-15/h6-10,19H,1-5H3,(H,16,17,18)/t10-/m0/s1. The maximum absolute atomic E-state index is 12.6. The lowest BCUT2D eigenvalue weighted by atomic mass is 10.0.